The number of aromatic nitrogens is 3. The molecular weight excluding hydrogens is 452 g/mol. The van der Waals surface area contributed by atoms with Crippen LogP contribution in [0.15, 0.2) is 47.6 Å². The molecule has 1 N–H and O–H groups in total. The smallest absolute Gasteiger partial charge is 0.231 e. The molecule has 0 bridgehead atoms. The largest absolute Gasteiger partial charge is 0.454 e. The summed E-state index contributed by atoms with van der Waals surface area (Å²) in [4.78, 5) is 12.4. The first-order valence-corrected chi connectivity index (χ1v) is 11.5. The Kier molecular flexibility index (Phi) is 7.51. The number of halogens is 1. The third-order valence-electron chi connectivity index (χ3n) is 4.78. The molecule has 2 aromatic carbocycles. The van der Waals surface area contributed by atoms with Gasteiger partial charge in [0.1, 0.15) is 0 Å². The maximum atomic E-state index is 12.4. The number of carbonyl (C=O) groups excluding carboxylic acids is 1. The number of nitrogens with zero attached hydrogens (tertiary/aromatic N) is 3. The molecule has 0 saturated heterocycles. The van der Waals surface area contributed by atoms with Gasteiger partial charge in [-0.05, 0) is 30.7 Å². The average molecular weight is 475 g/mol. The lowest BCUT2D eigenvalue weighted by molar-refractivity contribution is -0.115. The molecule has 1 aromatic heterocycles. The number of anilines is 1. The molecule has 0 aliphatic carbocycles. The van der Waals surface area contributed by atoms with E-state index in [-0.39, 0.29) is 12.7 Å². The summed E-state index contributed by atoms with van der Waals surface area (Å²) in [5, 5.41) is 13.0. The number of methoxy groups -OCH3 is 1. The Labute approximate surface area is 195 Å². The van der Waals surface area contributed by atoms with Crippen molar-refractivity contribution in [2.45, 2.75) is 24.5 Å². The minimum atomic E-state index is -0.0897. The van der Waals surface area contributed by atoms with Crippen LogP contribution in [0.2, 0.25) is 5.02 Å². The van der Waals surface area contributed by atoms with Gasteiger partial charge in [0, 0.05) is 49.8 Å². The summed E-state index contributed by atoms with van der Waals surface area (Å²) in [6.07, 6.45) is 1.13. The molecule has 0 radical (unpaired) electrons. The molecule has 0 unspecified atom stereocenters. The quantitative estimate of drug-likeness (QED) is 0.342. The first kappa shape index (κ1) is 22.4. The maximum absolute atomic E-state index is 12.4. The first-order chi connectivity index (χ1) is 15.7. The highest BCUT2D eigenvalue weighted by molar-refractivity contribution is 7.99. The third-order valence-corrected chi connectivity index (χ3v) is 6.08. The van der Waals surface area contributed by atoms with E-state index in [1.165, 1.54) is 11.8 Å². The van der Waals surface area contributed by atoms with Crippen LogP contribution in [0.25, 0.3) is 11.4 Å². The number of nitrogens with one attached hydrogen (secondary N) is 1. The number of ether oxygens (including phenoxy) is 3. The zero-order chi connectivity index (χ0) is 22.3. The lowest BCUT2D eigenvalue weighted by Crippen LogP contribution is -2.12. The Hall–Kier alpha value is -2.75. The minimum absolute atomic E-state index is 0.0897. The van der Waals surface area contributed by atoms with Crippen molar-refractivity contribution in [1.82, 2.24) is 14.8 Å². The number of benzene rings is 2. The number of hydrogen-bond donors (Lipinski definition) is 1. The normalized spacial score (nSPS) is 12.2. The molecule has 2 heterocycles. The lowest BCUT2D eigenvalue weighted by atomic mass is 10.2. The Balaban J connectivity index is 1.39. The van der Waals surface area contributed by atoms with Gasteiger partial charge in [-0.15, -0.1) is 10.2 Å². The Morgan fingerprint density at radius 1 is 1.22 bits per heavy atom. The highest BCUT2D eigenvalue weighted by Gasteiger charge is 2.17. The van der Waals surface area contributed by atoms with Crippen molar-refractivity contribution in [2.75, 3.05) is 31.6 Å². The number of rotatable bonds is 10. The summed E-state index contributed by atoms with van der Waals surface area (Å²) in [5.74, 6) is 2.49. The second kappa shape index (κ2) is 10.7. The zero-order valence-electron chi connectivity index (χ0n) is 17.5. The second-order valence-electron chi connectivity index (χ2n) is 7.00. The van der Waals surface area contributed by atoms with Gasteiger partial charge in [0.15, 0.2) is 22.5 Å². The highest BCUT2D eigenvalue weighted by atomic mass is 35.5. The fourth-order valence-corrected chi connectivity index (χ4v) is 4.36. The third kappa shape index (κ3) is 5.35. The van der Waals surface area contributed by atoms with Gasteiger partial charge in [0.05, 0.1) is 5.02 Å². The van der Waals surface area contributed by atoms with E-state index in [1.54, 1.807) is 25.3 Å². The summed E-state index contributed by atoms with van der Waals surface area (Å²) in [7, 11) is 1.68. The van der Waals surface area contributed by atoms with Gasteiger partial charge in [-0.25, -0.2) is 0 Å². The number of thioether (sulfide) groups is 1. The topological polar surface area (TPSA) is 87.5 Å². The van der Waals surface area contributed by atoms with Crippen molar-refractivity contribution in [1.29, 1.82) is 0 Å². The Morgan fingerprint density at radius 2 is 2.06 bits per heavy atom. The van der Waals surface area contributed by atoms with Crippen LogP contribution in [0.5, 0.6) is 11.5 Å². The fourth-order valence-electron chi connectivity index (χ4n) is 3.24. The van der Waals surface area contributed by atoms with Crippen LogP contribution < -0.4 is 14.8 Å². The van der Waals surface area contributed by atoms with Gasteiger partial charge in [-0.1, -0.05) is 35.5 Å². The van der Waals surface area contributed by atoms with Crippen molar-refractivity contribution in [3.05, 3.63) is 47.5 Å². The van der Waals surface area contributed by atoms with E-state index in [0.717, 1.165) is 17.1 Å². The average Bonchev–Trinajstić information content (AvgIpc) is 3.41. The van der Waals surface area contributed by atoms with Crippen molar-refractivity contribution in [3.63, 3.8) is 0 Å². The predicted octanol–water partition coefficient (Wildman–Crippen LogP) is 4.48. The number of fused-ring (bicyclic) bond motifs is 1. The number of amides is 1. The molecule has 168 valence electrons. The molecule has 10 heteroatoms. The van der Waals surface area contributed by atoms with Gasteiger partial charge in [-0.2, -0.15) is 0 Å². The van der Waals surface area contributed by atoms with E-state index in [1.807, 2.05) is 28.8 Å². The summed E-state index contributed by atoms with van der Waals surface area (Å²) in [6.45, 7) is 1.51. The van der Waals surface area contributed by atoms with Crippen LogP contribution in [-0.2, 0) is 16.1 Å². The van der Waals surface area contributed by atoms with E-state index >= 15 is 0 Å². The van der Waals surface area contributed by atoms with Crippen LogP contribution in [0, 0.1) is 0 Å². The highest BCUT2D eigenvalue weighted by Crippen LogP contribution is 2.34. The Morgan fingerprint density at radius 3 is 2.91 bits per heavy atom. The van der Waals surface area contributed by atoms with Crippen LogP contribution in [0.4, 0.5) is 5.69 Å². The number of carbonyl (C=O) groups is 1. The number of hydrogen-bond acceptors (Lipinski definition) is 7. The standard InChI is InChI=1S/C22H23ClN4O4S/c1-29-11-4-10-27-21(16-5-2-3-6-17(16)23)25-26-22(27)32-12-9-20(28)24-15-7-8-18-19(13-15)31-14-30-18/h2-3,5-8,13H,4,9-12,14H2,1H3,(H,24,28). The van der Waals surface area contributed by atoms with Gasteiger partial charge in [-0.3, -0.25) is 4.79 Å². The Bertz CT molecular complexity index is 1090. The van der Waals surface area contributed by atoms with E-state index in [0.29, 0.717) is 53.4 Å². The summed E-state index contributed by atoms with van der Waals surface area (Å²) < 4.78 is 17.9. The van der Waals surface area contributed by atoms with E-state index < -0.39 is 0 Å². The van der Waals surface area contributed by atoms with Gasteiger partial charge < -0.3 is 24.1 Å². The molecule has 0 fully saturated rings. The van der Waals surface area contributed by atoms with Crippen LogP contribution >= 0.6 is 23.4 Å². The van der Waals surface area contributed by atoms with Crippen molar-refractivity contribution < 1.29 is 19.0 Å². The van der Waals surface area contributed by atoms with Crippen LogP contribution in [0.1, 0.15) is 12.8 Å². The SMILES string of the molecule is COCCCn1c(SCCC(=O)Nc2ccc3c(c2)OCO3)nnc1-c1ccccc1Cl. The molecule has 0 atom stereocenters. The first-order valence-electron chi connectivity index (χ1n) is 10.1. The lowest BCUT2D eigenvalue weighted by Gasteiger charge is -2.11. The molecule has 1 amide bonds. The molecule has 0 spiro atoms. The fraction of sp³-hybridized carbons (Fsp3) is 0.318. The molecule has 1 aliphatic rings. The molecule has 4 rings (SSSR count). The van der Waals surface area contributed by atoms with Crippen molar-refractivity contribution in [2.24, 2.45) is 0 Å². The zero-order valence-corrected chi connectivity index (χ0v) is 19.1. The van der Waals surface area contributed by atoms with E-state index in [9.17, 15) is 4.79 Å². The molecule has 0 saturated carbocycles. The van der Waals surface area contributed by atoms with Crippen molar-refractivity contribution in [3.8, 4) is 22.9 Å². The summed E-state index contributed by atoms with van der Waals surface area (Å²) in [5.41, 5.74) is 1.50. The van der Waals surface area contributed by atoms with Crippen molar-refractivity contribution >= 4 is 35.0 Å². The second-order valence-corrected chi connectivity index (χ2v) is 8.47. The molecular formula is C22H23ClN4O4S. The van der Waals surface area contributed by atoms with Gasteiger partial charge in [0.25, 0.3) is 0 Å². The van der Waals surface area contributed by atoms with E-state index in [4.69, 9.17) is 25.8 Å². The molecule has 32 heavy (non-hydrogen) atoms. The van der Waals surface area contributed by atoms with Crippen LogP contribution in [-0.4, -0.2) is 46.9 Å². The predicted molar refractivity (Wildman–Crippen MR) is 123 cm³/mol. The van der Waals surface area contributed by atoms with Gasteiger partial charge in [0.2, 0.25) is 12.7 Å². The summed E-state index contributed by atoms with van der Waals surface area (Å²) >= 11 is 7.86. The maximum Gasteiger partial charge on any atom is 0.231 e. The molecule has 1 aliphatic heterocycles. The minimum Gasteiger partial charge on any atom is -0.454 e. The monoisotopic (exact) mass is 474 g/mol. The molecule has 3 aromatic rings. The van der Waals surface area contributed by atoms with Gasteiger partial charge >= 0.3 is 0 Å². The summed E-state index contributed by atoms with van der Waals surface area (Å²) in [6, 6.07) is 12.9. The van der Waals surface area contributed by atoms with E-state index in [2.05, 4.69) is 15.5 Å². The van der Waals surface area contributed by atoms with Crippen LogP contribution in [0.3, 0.4) is 0 Å². The molecule has 8 nitrogen and oxygen atoms in total.